The second-order valence-corrected chi connectivity index (χ2v) is 9.42. The predicted octanol–water partition coefficient (Wildman–Crippen LogP) is 3.47. The van der Waals surface area contributed by atoms with Gasteiger partial charge in [-0.25, -0.2) is 9.97 Å². The van der Waals surface area contributed by atoms with Crippen molar-refractivity contribution in [2.24, 2.45) is 5.92 Å². The van der Waals surface area contributed by atoms with E-state index in [-0.39, 0.29) is 24.2 Å². The number of hydrogen-bond acceptors (Lipinski definition) is 6. The number of ether oxygens (including phenoxy) is 1. The number of piperazine rings is 1. The maximum Gasteiger partial charge on any atom is 0.228 e. The molecule has 2 aliphatic heterocycles. The first kappa shape index (κ1) is 23.8. The molecule has 1 aromatic heterocycles. The molecule has 3 heterocycles. The lowest BCUT2D eigenvalue weighted by Crippen LogP contribution is -2.51. The smallest absolute Gasteiger partial charge is 0.228 e. The topological polar surface area (TPSA) is 78.9 Å². The van der Waals surface area contributed by atoms with Crippen LogP contribution in [0.1, 0.15) is 17.8 Å². The monoisotopic (exact) mass is 485 g/mol. The molecule has 2 saturated heterocycles. The predicted molar refractivity (Wildman–Crippen MR) is 139 cm³/mol. The number of carbonyl (C=O) groups excluding carboxylic acids is 2. The minimum Gasteiger partial charge on any atom is -0.495 e. The molecule has 2 aromatic carbocycles. The Morgan fingerprint density at radius 1 is 0.972 bits per heavy atom. The minimum absolute atomic E-state index is 0.0409. The van der Waals surface area contributed by atoms with E-state index in [0.717, 1.165) is 34.2 Å². The van der Waals surface area contributed by atoms with E-state index < -0.39 is 0 Å². The normalized spacial score (nSPS) is 18.0. The van der Waals surface area contributed by atoms with Gasteiger partial charge in [-0.2, -0.15) is 0 Å². The second kappa shape index (κ2) is 9.97. The zero-order chi connectivity index (χ0) is 25.2. The van der Waals surface area contributed by atoms with Crippen LogP contribution >= 0.6 is 0 Å². The summed E-state index contributed by atoms with van der Waals surface area (Å²) in [6.07, 6.45) is 0.224. The number of hydrogen-bond donors (Lipinski definition) is 0. The average molecular weight is 486 g/mol. The Balaban J connectivity index is 1.24. The maximum atomic E-state index is 13.4. The molecule has 2 aliphatic rings. The van der Waals surface area contributed by atoms with Gasteiger partial charge in [-0.15, -0.1) is 0 Å². The largest absolute Gasteiger partial charge is 0.495 e. The van der Waals surface area contributed by atoms with Crippen LogP contribution in [-0.4, -0.2) is 66.5 Å². The average Bonchev–Trinajstić information content (AvgIpc) is 3.29. The second-order valence-electron chi connectivity index (χ2n) is 9.42. The van der Waals surface area contributed by atoms with Gasteiger partial charge in [0.05, 0.1) is 24.4 Å². The molecule has 1 atom stereocenters. The fraction of sp³-hybridized carbons (Fsp3) is 0.357. The van der Waals surface area contributed by atoms with Crippen molar-refractivity contribution in [1.29, 1.82) is 0 Å². The van der Waals surface area contributed by atoms with Crippen LogP contribution in [0.5, 0.6) is 5.75 Å². The quantitative estimate of drug-likeness (QED) is 0.551. The molecule has 0 N–H and O–H groups in total. The first-order valence-electron chi connectivity index (χ1n) is 12.3. The third kappa shape index (κ3) is 4.76. The molecule has 0 aliphatic carbocycles. The van der Waals surface area contributed by atoms with Crippen LogP contribution in [0.2, 0.25) is 0 Å². The van der Waals surface area contributed by atoms with Crippen LogP contribution in [0.3, 0.4) is 0 Å². The highest BCUT2D eigenvalue weighted by Gasteiger charge is 2.39. The third-order valence-electron chi connectivity index (χ3n) is 6.91. The highest BCUT2D eigenvalue weighted by atomic mass is 16.5. The molecule has 0 radical (unpaired) electrons. The molecule has 3 aromatic rings. The van der Waals surface area contributed by atoms with Gasteiger partial charge in [-0.1, -0.05) is 36.4 Å². The number of amides is 2. The van der Waals surface area contributed by atoms with Gasteiger partial charge in [-0.3, -0.25) is 9.59 Å². The number of anilines is 2. The van der Waals surface area contributed by atoms with Crippen molar-refractivity contribution in [2.45, 2.75) is 20.3 Å². The third-order valence-corrected chi connectivity index (χ3v) is 6.91. The van der Waals surface area contributed by atoms with Gasteiger partial charge in [-0.05, 0) is 31.5 Å². The number of aryl methyl sites for hydroxylation is 2. The van der Waals surface area contributed by atoms with Crippen molar-refractivity contribution in [3.8, 4) is 17.0 Å². The van der Waals surface area contributed by atoms with Gasteiger partial charge in [0.25, 0.3) is 0 Å². The highest BCUT2D eigenvalue weighted by Crippen LogP contribution is 2.34. The minimum atomic E-state index is -0.347. The molecule has 0 bridgehead atoms. The zero-order valence-corrected chi connectivity index (χ0v) is 21.0. The molecule has 8 nitrogen and oxygen atoms in total. The summed E-state index contributed by atoms with van der Waals surface area (Å²) in [4.78, 5) is 41.2. The van der Waals surface area contributed by atoms with Crippen LogP contribution in [-0.2, 0) is 9.59 Å². The SMILES string of the molecule is COc1ccc(C)cc1N1CC(C(=O)N2CCN(c3cc(-c4ccccc4)nc(C)n3)CC2)CC1=O. The zero-order valence-electron chi connectivity index (χ0n) is 21.0. The van der Waals surface area contributed by atoms with E-state index in [1.54, 1.807) is 12.0 Å². The van der Waals surface area contributed by atoms with Crippen LogP contribution in [0, 0.1) is 19.8 Å². The Kier molecular flexibility index (Phi) is 6.59. The van der Waals surface area contributed by atoms with Gasteiger partial charge >= 0.3 is 0 Å². The summed E-state index contributed by atoms with van der Waals surface area (Å²) < 4.78 is 5.47. The lowest BCUT2D eigenvalue weighted by molar-refractivity contribution is -0.136. The lowest BCUT2D eigenvalue weighted by Gasteiger charge is -2.36. The van der Waals surface area contributed by atoms with Gasteiger partial charge in [0.1, 0.15) is 17.4 Å². The van der Waals surface area contributed by atoms with Gasteiger partial charge in [0, 0.05) is 50.8 Å². The molecule has 0 saturated carbocycles. The van der Waals surface area contributed by atoms with Crippen molar-refractivity contribution >= 4 is 23.3 Å². The van der Waals surface area contributed by atoms with Crippen LogP contribution < -0.4 is 14.5 Å². The summed E-state index contributed by atoms with van der Waals surface area (Å²) in [6, 6.07) is 17.8. The Morgan fingerprint density at radius 2 is 1.72 bits per heavy atom. The molecule has 1 unspecified atom stereocenters. The number of aromatic nitrogens is 2. The Bertz CT molecular complexity index is 1270. The van der Waals surface area contributed by atoms with Gasteiger partial charge in [0.2, 0.25) is 11.8 Å². The summed E-state index contributed by atoms with van der Waals surface area (Å²) >= 11 is 0. The first-order chi connectivity index (χ1) is 17.4. The van der Waals surface area contributed by atoms with Crippen molar-refractivity contribution in [3.63, 3.8) is 0 Å². The van der Waals surface area contributed by atoms with Crippen molar-refractivity contribution in [1.82, 2.24) is 14.9 Å². The summed E-state index contributed by atoms with van der Waals surface area (Å²) in [6.45, 7) is 6.83. The standard InChI is InChI=1S/C28H31N5O3/c1-19-9-10-25(36-3)24(15-19)33-18-22(16-27(33)34)28(35)32-13-11-31(12-14-32)26-17-23(29-20(2)30-26)21-7-5-4-6-8-21/h4-10,15,17,22H,11-14,16,18H2,1-3H3. The van der Waals surface area contributed by atoms with E-state index in [9.17, 15) is 9.59 Å². The molecular weight excluding hydrogens is 454 g/mol. The number of methoxy groups -OCH3 is 1. The van der Waals surface area contributed by atoms with E-state index in [1.807, 2.05) is 73.3 Å². The highest BCUT2D eigenvalue weighted by molar-refractivity contribution is 6.01. The van der Waals surface area contributed by atoms with Gasteiger partial charge in [0.15, 0.2) is 0 Å². The van der Waals surface area contributed by atoms with E-state index in [0.29, 0.717) is 38.5 Å². The van der Waals surface area contributed by atoms with Crippen LogP contribution in [0.25, 0.3) is 11.3 Å². The van der Waals surface area contributed by atoms with E-state index in [2.05, 4.69) is 14.9 Å². The van der Waals surface area contributed by atoms with Gasteiger partial charge < -0.3 is 19.4 Å². The van der Waals surface area contributed by atoms with Crippen molar-refractivity contribution < 1.29 is 14.3 Å². The van der Waals surface area contributed by atoms with E-state index in [1.165, 1.54) is 0 Å². The van der Waals surface area contributed by atoms with Crippen molar-refractivity contribution in [2.75, 3.05) is 49.6 Å². The molecular formula is C28H31N5O3. The van der Waals surface area contributed by atoms with E-state index in [4.69, 9.17) is 4.74 Å². The Hall–Kier alpha value is -3.94. The molecule has 2 amide bonds. The van der Waals surface area contributed by atoms with Crippen LogP contribution in [0.15, 0.2) is 54.6 Å². The Labute approximate surface area is 211 Å². The molecule has 2 fully saturated rings. The summed E-state index contributed by atoms with van der Waals surface area (Å²) in [5, 5.41) is 0. The number of carbonyl (C=O) groups is 2. The maximum absolute atomic E-state index is 13.4. The lowest BCUT2D eigenvalue weighted by atomic mass is 10.1. The number of nitrogens with zero attached hydrogens (tertiary/aromatic N) is 5. The van der Waals surface area contributed by atoms with E-state index >= 15 is 0 Å². The first-order valence-corrected chi connectivity index (χ1v) is 12.3. The molecule has 0 spiro atoms. The molecule has 5 rings (SSSR count). The van der Waals surface area contributed by atoms with Crippen LogP contribution in [0.4, 0.5) is 11.5 Å². The fourth-order valence-corrected chi connectivity index (χ4v) is 5.00. The van der Waals surface area contributed by atoms with Crippen molar-refractivity contribution in [3.05, 3.63) is 66.0 Å². The fourth-order valence-electron chi connectivity index (χ4n) is 5.00. The summed E-state index contributed by atoms with van der Waals surface area (Å²) in [7, 11) is 1.60. The molecule has 186 valence electrons. The number of benzene rings is 2. The molecule has 36 heavy (non-hydrogen) atoms. The summed E-state index contributed by atoms with van der Waals surface area (Å²) in [5.41, 5.74) is 3.72. The Morgan fingerprint density at radius 3 is 2.44 bits per heavy atom. The molecule has 8 heteroatoms. The number of rotatable bonds is 5. The summed E-state index contributed by atoms with van der Waals surface area (Å²) in [5.74, 6) is 1.90.